The van der Waals surface area contributed by atoms with Crippen molar-refractivity contribution in [2.75, 3.05) is 19.8 Å². The van der Waals surface area contributed by atoms with Crippen molar-refractivity contribution in [3.8, 4) is 0 Å². The number of hydrogen-bond acceptors (Lipinski definition) is 3. The van der Waals surface area contributed by atoms with Crippen LogP contribution in [-0.4, -0.2) is 41.8 Å². The number of ether oxygens (including phenoxy) is 1. The van der Waals surface area contributed by atoms with Crippen LogP contribution >= 0.6 is 11.6 Å². The summed E-state index contributed by atoms with van der Waals surface area (Å²) < 4.78 is 5.21. The predicted octanol–water partition coefficient (Wildman–Crippen LogP) is 1.93. The first-order valence-electron chi connectivity index (χ1n) is 5.87. The maximum atomic E-state index is 11.1. The number of aryl methyl sites for hydroxylation is 1. The molecule has 1 saturated heterocycles. The van der Waals surface area contributed by atoms with E-state index in [4.69, 9.17) is 21.4 Å². The number of halogens is 1. The van der Waals surface area contributed by atoms with Crippen molar-refractivity contribution in [3.63, 3.8) is 0 Å². The fourth-order valence-corrected chi connectivity index (χ4v) is 2.35. The van der Waals surface area contributed by atoms with E-state index in [1.807, 2.05) is 30.0 Å². The van der Waals surface area contributed by atoms with Crippen molar-refractivity contribution >= 4 is 17.6 Å². The van der Waals surface area contributed by atoms with Gasteiger partial charge in [0, 0.05) is 18.1 Å². The molecular formula is C13H16ClNO3. The smallest absolute Gasteiger partial charge is 0.323 e. The molecule has 1 heterocycles. The number of carboxylic acid groups (broad SMARTS) is 1. The lowest BCUT2D eigenvalue weighted by Crippen LogP contribution is -2.49. The zero-order chi connectivity index (χ0) is 13.1. The zero-order valence-electron chi connectivity index (χ0n) is 10.2. The number of nitrogens with zero attached hydrogens (tertiary/aromatic N) is 1. The average molecular weight is 270 g/mol. The third kappa shape index (κ3) is 3.02. The van der Waals surface area contributed by atoms with Crippen LogP contribution in [0, 0.1) is 6.92 Å². The molecule has 1 unspecified atom stereocenters. The van der Waals surface area contributed by atoms with Gasteiger partial charge in [0.15, 0.2) is 0 Å². The molecule has 0 aliphatic carbocycles. The summed E-state index contributed by atoms with van der Waals surface area (Å²) in [7, 11) is 0. The summed E-state index contributed by atoms with van der Waals surface area (Å²) in [5, 5.41) is 9.83. The fourth-order valence-electron chi connectivity index (χ4n) is 2.05. The molecular weight excluding hydrogens is 254 g/mol. The van der Waals surface area contributed by atoms with Crippen LogP contribution in [0.4, 0.5) is 0 Å². The molecule has 0 radical (unpaired) electrons. The molecule has 98 valence electrons. The monoisotopic (exact) mass is 269 g/mol. The number of rotatable bonds is 3. The molecule has 1 aromatic rings. The summed E-state index contributed by atoms with van der Waals surface area (Å²) in [5.41, 5.74) is 2.05. The van der Waals surface area contributed by atoms with Crippen molar-refractivity contribution in [2.24, 2.45) is 0 Å². The highest BCUT2D eigenvalue weighted by Crippen LogP contribution is 2.21. The number of carboxylic acids is 1. The summed E-state index contributed by atoms with van der Waals surface area (Å²) in [6, 6.07) is 5.24. The van der Waals surface area contributed by atoms with Gasteiger partial charge in [0.2, 0.25) is 0 Å². The molecule has 1 fully saturated rings. The molecule has 18 heavy (non-hydrogen) atoms. The summed E-state index contributed by atoms with van der Waals surface area (Å²) in [6.45, 7) is 3.93. The van der Waals surface area contributed by atoms with E-state index in [9.17, 15) is 4.79 Å². The van der Waals surface area contributed by atoms with Crippen LogP contribution in [-0.2, 0) is 16.1 Å². The number of morpholine rings is 1. The Labute approximate surface area is 111 Å². The topological polar surface area (TPSA) is 49.8 Å². The lowest BCUT2D eigenvalue weighted by Gasteiger charge is -2.32. The average Bonchev–Trinajstić information content (AvgIpc) is 2.33. The SMILES string of the molecule is Cc1ccc(CN2CCOCC2C(=O)O)c(Cl)c1. The van der Waals surface area contributed by atoms with Crippen LogP contribution in [0.25, 0.3) is 0 Å². The van der Waals surface area contributed by atoms with Gasteiger partial charge in [0.05, 0.1) is 13.2 Å². The molecule has 1 aliphatic heterocycles. The van der Waals surface area contributed by atoms with Gasteiger partial charge in [0.1, 0.15) is 6.04 Å². The molecule has 2 rings (SSSR count). The van der Waals surface area contributed by atoms with E-state index >= 15 is 0 Å². The van der Waals surface area contributed by atoms with E-state index in [2.05, 4.69) is 0 Å². The van der Waals surface area contributed by atoms with Gasteiger partial charge in [-0.25, -0.2) is 0 Å². The van der Waals surface area contributed by atoms with Gasteiger partial charge in [-0.2, -0.15) is 0 Å². The third-order valence-corrected chi connectivity index (χ3v) is 3.46. The lowest BCUT2D eigenvalue weighted by molar-refractivity contribution is -0.150. The highest BCUT2D eigenvalue weighted by molar-refractivity contribution is 6.31. The van der Waals surface area contributed by atoms with Gasteiger partial charge >= 0.3 is 5.97 Å². The third-order valence-electron chi connectivity index (χ3n) is 3.11. The second-order valence-electron chi connectivity index (χ2n) is 4.49. The highest BCUT2D eigenvalue weighted by atomic mass is 35.5. The Morgan fingerprint density at radius 3 is 3.06 bits per heavy atom. The minimum Gasteiger partial charge on any atom is -0.480 e. The normalized spacial score (nSPS) is 20.9. The van der Waals surface area contributed by atoms with Crippen molar-refractivity contribution in [1.82, 2.24) is 4.90 Å². The van der Waals surface area contributed by atoms with Crippen LogP contribution in [0.5, 0.6) is 0 Å². The van der Waals surface area contributed by atoms with Crippen LogP contribution in [0.2, 0.25) is 5.02 Å². The summed E-state index contributed by atoms with van der Waals surface area (Å²) in [5.74, 6) is -0.849. The number of aliphatic carboxylic acids is 1. The molecule has 0 bridgehead atoms. The maximum Gasteiger partial charge on any atom is 0.323 e. The molecule has 5 heteroatoms. The van der Waals surface area contributed by atoms with Crippen molar-refractivity contribution < 1.29 is 14.6 Å². The first-order chi connectivity index (χ1) is 8.58. The van der Waals surface area contributed by atoms with Gasteiger partial charge < -0.3 is 9.84 Å². The molecule has 0 spiro atoms. The second kappa shape index (κ2) is 5.69. The molecule has 0 saturated carbocycles. The number of benzene rings is 1. The first kappa shape index (κ1) is 13.3. The molecule has 1 aromatic carbocycles. The van der Waals surface area contributed by atoms with Crippen LogP contribution in [0.1, 0.15) is 11.1 Å². The Hall–Kier alpha value is -1.10. The van der Waals surface area contributed by atoms with Gasteiger partial charge in [-0.15, -0.1) is 0 Å². The Bertz CT molecular complexity index is 450. The second-order valence-corrected chi connectivity index (χ2v) is 4.90. The maximum absolute atomic E-state index is 11.1. The summed E-state index contributed by atoms with van der Waals surface area (Å²) in [4.78, 5) is 13.0. The predicted molar refractivity (Wildman–Crippen MR) is 68.8 cm³/mol. The minimum atomic E-state index is -0.849. The van der Waals surface area contributed by atoms with Gasteiger partial charge in [-0.3, -0.25) is 9.69 Å². The van der Waals surface area contributed by atoms with Gasteiger partial charge in [0.25, 0.3) is 0 Å². The molecule has 1 N–H and O–H groups in total. The zero-order valence-corrected chi connectivity index (χ0v) is 11.0. The van der Waals surface area contributed by atoms with E-state index in [1.165, 1.54) is 0 Å². The van der Waals surface area contributed by atoms with E-state index in [1.54, 1.807) is 0 Å². The molecule has 1 atom stereocenters. The van der Waals surface area contributed by atoms with Crippen LogP contribution < -0.4 is 0 Å². The van der Waals surface area contributed by atoms with E-state index < -0.39 is 12.0 Å². The Morgan fingerprint density at radius 1 is 1.61 bits per heavy atom. The largest absolute Gasteiger partial charge is 0.480 e. The quantitative estimate of drug-likeness (QED) is 0.911. The van der Waals surface area contributed by atoms with E-state index in [0.717, 1.165) is 11.1 Å². The van der Waals surface area contributed by atoms with Gasteiger partial charge in [-0.1, -0.05) is 23.7 Å². The Balaban J connectivity index is 2.13. The molecule has 4 nitrogen and oxygen atoms in total. The lowest BCUT2D eigenvalue weighted by atomic mass is 10.1. The number of hydrogen-bond donors (Lipinski definition) is 1. The summed E-state index contributed by atoms with van der Waals surface area (Å²) >= 11 is 6.17. The summed E-state index contributed by atoms with van der Waals surface area (Å²) in [6.07, 6.45) is 0. The standard InChI is InChI=1S/C13H16ClNO3/c1-9-2-3-10(11(14)6-9)7-15-4-5-18-8-12(15)13(16)17/h2-3,6,12H,4-5,7-8H2,1H3,(H,16,17). The Kier molecular flexibility index (Phi) is 4.22. The van der Waals surface area contributed by atoms with Gasteiger partial charge in [-0.05, 0) is 24.1 Å². The molecule has 0 amide bonds. The van der Waals surface area contributed by atoms with Crippen LogP contribution in [0.3, 0.4) is 0 Å². The number of carbonyl (C=O) groups is 1. The van der Waals surface area contributed by atoms with Crippen molar-refractivity contribution in [1.29, 1.82) is 0 Å². The van der Waals surface area contributed by atoms with Crippen LogP contribution in [0.15, 0.2) is 18.2 Å². The van der Waals surface area contributed by atoms with E-state index in [-0.39, 0.29) is 6.61 Å². The fraction of sp³-hybridized carbons (Fsp3) is 0.462. The van der Waals surface area contributed by atoms with Crippen molar-refractivity contribution in [2.45, 2.75) is 19.5 Å². The molecule has 1 aliphatic rings. The minimum absolute atomic E-state index is 0.235. The molecule has 0 aromatic heterocycles. The highest BCUT2D eigenvalue weighted by Gasteiger charge is 2.29. The van der Waals surface area contributed by atoms with Crippen molar-refractivity contribution in [3.05, 3.63) is 34.3 Å². The first-order valence-corrected chi connectivity index (χ1v) is 6.25. The van der Waals surface area contributed by atoms with E-state index in [0.29, 0.717) is 24.7 Å². The Morgan fingerprint density at radius 2 is 2.39 bits per heavy atom.